The molecule has 72 valence electrons. The normalized spacial score (nSPS) is 24.5. The molecule has 1 fully saturated rings. The van der Waals surface area contributed by atoms with E-state index in [-0.39, 0.29) is 0 Å². The van der Waals surface area contributed by atoms with Gasteiger partial charge in [-0.1, -0.05) is 0 Å². The van der Waals surface area contributed by atoms with E-state index in [0.29, 0.717) is 0 Å². The molecule has 0 aliphatic carbocycles. The van der Waals surface area contributed by atoms with Crippen molar-refractivity contribution in [3.05, 3.63) is 0 Å². The molecule has 1 atom stereocenters. The van der Waals surface area contributed by atoms with Crippen LogP contribution in [0.2, 0.25) is 0 Å². The standard InChI is InChI=1S/C4H6O7S.Pb/c5-3(6)1-2(4(7)8)12(9,10)11;/h2H,1H2,(H,5,6)(H,7,8)(H,9,10,11);/q;+2/p-2. The third-order valence-electron chi connectivity index (χ3n) is 1.27. The van der Waals surface area contributed by atoms with Crippen molar-refractivity contribution in [1.29, 1.82) is 0 Å². The molecule has 0 aromatic heterocycles. The summed E-state index contributed by atoms with van der Waals surface area (Å²) in [7, 11) is -4.58. The summed E-state index contributed by atoms with van der Waals surface area (Å²) in [4.78, 5) is 21.6. The SMILES string of the molecule is O=C1CC(S(=O)(=O)O)C(=O)[O][Pb][O]1. The summed E-state index contributed by atoms with van der Waals surface area (Å²) in [6.07, 6.45) is -0.676. The Bertz CT molecular complexity index is 332. The molecule has 1 unspecified atom stereocenters. The number of carbonyl (C=O) groups excluding carboxylic acids is 2. The van der Waals surface area contributed by atoms with E-state index >= 15 is 0 Å². The number of carbonyl (C=O) groups is 2. The quantitative estimate of drug-likeness (QED) is 0.410. The van der Waals surface area contributed by atoms with E-state index < -0.39 is 58.9 Å². The van der Waals surface area contributed by atoms with Crippen LogP contribution in [0.15, 0.2) is 0 Å². The maximum absolute atomic E-state index is 10.9. The van der Waals surface area contributed by atoms with Crippen LogP contribution in [0.5, 0.6) is 0 Å². The second-order valence-electron chi connectivity index (χ2n) is 2.19. The van der Waals surface area contributed by atoms with Gasteiger partial charge in [-0.3, -0.25) is 0 Å². The molecule has 13 heavy (non-hydrogen) atoms. The van der Waals surface area contributed by atoms with E-state index in [9.17, 15) is 18.0 Å². The van der Waals surface area contributed by atoms with E-state index in [0.717, 1.165) is 0 Å². The summed E-state index contributed by atoms with van der Waals surface area (Å²) >= 11 is -2.25. The first-order valence-electron chi connectivity index (χ1n) is 3.03. The van der Waals surface area contributed by atoms with Crippen LogP contribution in [0, 0.1) is 0 Å². The molecule has 0 amide bonds. The molecule has 1 heterocycles. The van der Waals surface area contributed by atoms with E-state index in [1.165, 1.54) is 0 Å². The molecular formula is C4H4O7PbS. The van der Waals surface area contributed by atoms with Crippen molar-refractivity contribution in [3.63, 3.8) is 0 Å². The Hall–Kier alpha value is -0.228. The predicted octanol–water partition coefficient (Wildman–Crippen LogP) is -1.73. The maximum atomic E-state index is 10.9. The van der Waals surface area contributed by atoms with Gasteiger partial charge >= 0.3 is 86.8 Å². The van der Waals surface area contributed by atoms with Crippen LogP contribution < -0.4 is 0 Å². The number of hydrogen-bond donors (Lipinski definition) is 1. The third kappa shape index (κ3) is 2.88. The summed E-state index contributed by atoms with van der Waals surface area (Å²) in [5.74, 6) is -1.92. The molecule has 1 aliphatic heterocycles. The fraction of sp³-hybridized carbons (Fsp3) is 0.500. The Morgan fingerprint density at radius 1 is 1.38 bits per heavy atom. The molecule has 2 radical (unpaired) electrons. The monoisotopic (exact) mass is 404 g/mol. The molecule has 1 saturated heterocycles. The van der Waals surface area contributed by atoms with Gasteiger partial charge in [0.15, 0.2) is 0 Å². The van der Waals surface area contributed by atoms with Gasteiger partial charge in [0.1, 0.15) is 0 Å². The van der Waals surface area contributed by atoms with Gasteiger partial charge in [0.25, 0.3) is 0 Å². The van der Waals surface area contributed by atoms with Crippen LogP contribution in [0.4, 0.5) is 0 Å². The van der Waals surface area contributed by atoms with Gasteiger partial charge in [-0.15, -0.1) is 0 Å². The van der Waals surface area contributed by atoms with Crippen molar-refractivity contribution >= 4 is 47.2 Å². The van der Waals surface area contributed by atoms with E-state index in [1.54, 1.807) is 0 Å². The van der Waals surface area contributed by atoms with Gasteiger partial charge in [-0.05, 0) is 0 Å². The summed E-state index contributed by atoms with van der Waals surface area (Å²) in [6, 6.07) is 0. The summed E-state index contributed by atoms with van der Waals surface area (Å²) in [5.41, 5.74) is 0. The zero-order valence-electron chi connectivity index (χ0n) is 6.09. The summed E-state index contributed by atoms with van der Waals surface area (Å²) < 4.78 is 38.5. The fourth-order valence-electron chi connectivity index (χ4n) is 0.677. The zero-order valence-corrected chi connectivity index (χ0v) is 10.8. The molecule has 0 aromatic carbocycles. The minimum atomic E-state index is -4.58. The van der Waals surface area contributed by atoms with Crippen molar-refractivity contribution in [2.75, 3.05) is 0 Å². The van der Waals surface area contributed by atoms with Crippen LogP contribution in [0.25, 0.3) is 0 Å². The Balaban J connectivity index is 2.92. The second-order valence-corrected chi connectivity index (χ2v) is 6.02. The van der Waals surface area contributed by atoms with Gasteiger partial charge in [-0.25, -0.2) is 0 Å². The minimum absolute atomic E-state index is 0.676. The van der Waals surface area contributed by atoms with Gasteiger partial charge < -0.3 is 0 Å². The van der Waals surface area contributed by atoms with Gasteiger partial charge in [0, 0.05) is 0 Å². The van der Waals surface area contributed by atoms with Crippen LogP contribution in [-0.2, 0) is 25.1 Å². The van der Waals surface area contributed by atoms with E-state index in [2.05, 4.69) is 5.37 Å². The first kappa shape index (κ1) is 10.9. The second kappa shape index (κ2) is 3.88. The Morgan fingerprint density at radius 2 is 2.00 bits per heavy atom. The van der Waals surface area contributed by atoms with Gasteiger partial charge in [0.05, 0.1) is 0 Å². The molecule has 1 rings (SSSR count). The van der Waals surface area contributed by atoms with Gasteiger partial charge in [0.2, 0.25) is 0 Å². The Kier molecular flexibility index (Phi) is 3.24. The van der Waals surface area contributed by atoms with Crippen molar-refractivity contribution in [1.82, 2.24) is 0 Å². The first-order chi connectivity index (χ1) is 5.91. The average molecular weight is 403 g/mol. The van der Waals surface area contributed by atoms with E-state index in [1.807, 2.05) is 0 Å². The van der Waals surface area contributed by atoms with Crippen molar-refractivity contribution < 1.29 is 27.9 Å². The van der Waals surface area contributed by atoms with Crippen LogP contribution in [0.3, 0.4) is 0 Å². The van der Waals surface area contributed by atoms with Crippen LogP contribution in [-0.4, -0.2) is 55.3 Å². The average Bonchev–Trinajstić information content (AvgIpc) is 2.11. The molecule has 9 heteroatoms. The summed E-state index contributed by atoms with van der Waals surface area (Å²) in [6.45, 7) is 0. The predicted molar refractivity (Wildman–Crippen MR) is 37.9 cm³/mol. The third-order valence-corrected chi connectivity index (χ3v) is 4.67. The molecule has 0 saturated carbocycles. The molecule has 1 aliphatic rings. The molecule has 7 nitrogen and oxygen atoms in total. The Morgan fingerprint density at radius 3 is 2.54 bits per heavy atom. The molecule has 0 spiro atoms. The number of hydrogen-bond acceptors (Lipinski definition) is 6. The molecule has 0 bridgehead atoms. The van der Waals surface area contributed by atoms with Crippen LogP contribution in [0.1, 0.15) is 6.42 Å². The van der Waals surface area contributed by atoms with Crippen molar-refractivity contribution in [2.24, 2.45) is 0 Å². The van der Waals surface area contributed by atoms with Crippen molar-refractivity contribution in [2.45, 2.75) is 11.7 Å². The van der Waals surface area contributed by atoms with Gasteiger partial charge in [-0.2, -0.15) is 0 Å². The first-order valence-corrected chi connectivity index (χ1v) is 7.70. The van der Waals surface area contributed by atoms with E-state index in [4.69, 9.17) is 4.55 Å². The topological polar surface area (TPSA) is 107 Å². The van der Waals surface area contributed by atoms with Crippen LogP contribution >= 0.6 is 0 Å². The van der Waals surface area contributed by atoms with Crippen molar-refractivity contribution in [3.8, 4) is 0 Å². The summed E-state index contributed by atoms with van der Waals surface area (Å²) in [5, 5.41) is -1.82. The molecule has 0 aromatic rings. The number of rotatable bonds is 1. The Labute approximate surface area is 86.7 Å². The molecular weight excluding hydrogens is 399 g/mol. The fourth-order valence-corrected chi connectivity index (χ4v) is 3.37. The zero-order chi connectivity index (χ0) is 10.1. The molecule has 1 N–H and O–H groups in total.